The molecule has 0 aliphatic carbocycles. The van der Waals surface area contributed by atoms with Crippen LogP contribution < -0.4 is 4.74 Å². The Balaban J connectivity index is 2.28. The minimum Gasteiger partial charge on any atom is -0.497 e. The summed E-state index contributed by atoms with van der Waals surface area (Å²) in [5, 5.41) is 0. The Kier molecular flexibility index (Phi) is 3.98. The molecule has 0 N–H and O–H groups in total. The molecule has 1 aromatic carbocycles. The van der Waals surface area contributed by atoms with Gasteiger partial charge in [-0.2, -0.15) is 12.6 Å². The summed E-state index contributed by atoms with van der Waals surface area (Å²) in [6, 6.07) is 9.74. The number of aryl methyl sites for hydroxylation is 1. The number of aromatic nitrogens is 2. The average molecular weight is 246 g/mol. The number of benzene rings is 1. The van der Waals surface area contributed by atoms with Gasteiger partial charge >= 0.3 is 0 Å². The zero-order chi connectivity index (χ0) is 12.1. The van der Waals surface area contributed by atoms with Gasteiger partial charge in [0.1, 0.15) is 11.6 Å². The van der Waals surface area contributed by atoms with Crippen LogP contribution in [0.15, 0.2) is 36.5 Å². The van der Waals surface area contributed by atoms with E-state index in [1.807, 2.05) is 30.3 Å². The third-order valence-electron chi connectivity index (χ3n) is 2.43. The second kappa shape index (κ2) is 5.68. The number of thiol groups is 1. The lowest BCUT2D eigenvalue weighted by molar-refractivity contribution is 0.415. The van der Waals surface area contributed by atoms with Crippen molar-refractivity contribution >= 4 is 12.6 Å². The fourth-order valence-electron chi connectivity index (χ4n) is 1.54. The Morgan fingerprint density at radius 1 is 1.18 bits per heavy atom. The second-order valence-corrected chi connectivity index (χ2v) is 4.01. The largest absolute Gasteiger partial charge is 0.497 e. The topological polar surface area (TPSA) is 35.0 Å². The molecular formula is C13H14N2OS. The van der Waals surface area contributed by atoms with E-state index in [4.69, 9.17) is 4.74 Å². The molecule has 0 atom stereocenters. The normalized spacial score (nSPS) is 10.2. The van der Waals surface area contributed by atoms with Gasteiger partial charge in [0, 0.05) is 18.2 Å². The van der Waals surface area contributed by atoms with E-state index in [1.54, 1.807) is 13.3 Å². The average Bonchev–Trinajstić information content (AvgIpc) is 2.40. The Morgan fingerprint density at radius 3 is 2.59 bits per heavy atom. The van der Waals surface area contributed by atoms with Crippen molar-refractivity contribution in [2.75, 3.05) is 12.9 Å². The molecule has 0 fully saturated rings. The molecule has 0 spiro atoms. The zero-order valence-corrected chi connectivity index (χ0v) is 10.5. The van der Waals surface area contributed by atoms with Gasteiger partial charge in [-0.25, -0.2) is 9.97 Å². The van der Waals surface area contributed by atoms with Gasteiger partial charge in [-0.3, -0.25) is 0 Å². The van der Waals surface area contributed by atoms with Crippen LogP contribution in [0.3, 0.4) is 0 Å². The van der Waals surface area contributed by atoms with Gasteiger partial charge in [-0.15, -0.1) is 0 Å². The molecule has 0 saturated carbocycles. The maximum atomic E-state index is 5.12. The highest BCUT2D eigenvalue weighted by Crippen LogP contribution is 2.20. The molecule has 0 aliphatic heterocycles. The molecule has 2 rings (SSSR count). The van der Waals surface area contributed by atoms with Crippen LogP contribution in [-0.4, -0.2) is 22.8 Å². The standard InChI is InChI=1S/C13H14N2OS/c1-16-11-4-2-10(3-5-11)12-6-8-14-13(15-12)7-9-17/h2-6,8,17H,7,9H2,1H3. The minimum atomic E-state index is 0.756. The van der Waals surface area contributed by atoms with Crippen LogP contribution in [-0.2, 0) is 6.42 Å². The molecule has 88 valence electrons. The molecule has 4 heteroatoms. The molecule has 0 unspecified atom stereocenters. The first-order chi connectivity index (χ1) is 8.33. The monoisotopic (exact) mass is 246 g/mol. The van der Waals surface area contributed by atoms with Crippen molar-refractivity contribution in [3.8, 4) is 17.0 Å². The highest BCUT2D eigenvalue weighted by Gasteiger charge is 2.02. The first kappa shape index (κ1) is 11.9. The van der Waals surface area contributed by atoms with E-state index in [2.05, 4.69) is 22.6 Å². The van der Waals surface area contributed by atoms with Crippen molar-refractivity contribution in [1.29, 1.82) is 0 Å². The third-order valence-corrected chi connectivity index (χ3v) is 2.65. The van der Waals surface area contributed by atoms with Crippen LogP contribution >= 0.6 is 12.6 Å². The summed E-state index contributed by atoms with van der Waals surface area (Å²) in [6.07, 6.45) is 2.57. The Bertz CT molecular complexity index is 485. The lowest BCUT2D eigenvalue weighted by Crippen LogP contribution is -1.97. The summed E-state index contributed by atoms with van der Waals surface area (Å²) in [5.41, 5.74) is 1.99. The maximum absolute atomic E-state index is 5.12. The quantitative estimate of drug-likeness (QED) is 0.842. The molecule has 1 heterocycles. The molecular weight excluding hydrogens is 232 g/mol. The SMILES string of the molecule is COc1ccc(-c2ccnc(CCS)n2)cc1. The Hall–Kier alpha value is -1.55. The van der Waals surface area contributed by atoms with E-state index in [0.29, 0.717) is 0 Å². The van der Waals surface area contributed by atoms with Gasteiger partial charge in [0.25, 0.3) is 0 Å². The Labute approximate surface area is 106 Å². The van der Waals surface area contributed by atoms with Crippen LogP contribution in [0.25, 0.3) is 11.3 Å². The number of methoxy groups -OCH3 is 1. The van der Waals surface area contributed by atoms with Crippen LogP contribution in [0.1, 0.15) is 5.82 Å². The maximum Gasteiger partial charge on any atom is 0.129 e. The number of hydrogen-bond donors (Lipinski definition) is 1. The zero-order valence-electron chi connectivity index (χ0n) is 9.63. The predicted molar refractivity (Wildman–Crippen MR) is 71.6 cm³/mol. The van der Waals surface area contributed by atoms with Crippen molar-refractivity contribution in [3.05, 3.63) is 42.4 Å². The molecule has 0 radical (unpaired) electrons. The third kappa shape index (κ3) is 2.97. The number of ether oxygens (including phenoxy) is 1. The fourth-order valence-corrected chi connectivity index (χ4v) is 1.74. The van der Waals surface area contributed by atoms with Crippen LogP contribution in [0.4, 0.5) is 0 Å². The number of nitrogens with zero attached hydrogens (tertiary/aromatic N) is 2. The van der Waals surface area contributed by atoms with E-state index in [0.717, 1.165) is 35.0 Å². The minimum absolute atomic E-state index is 0.756. The summed E-state index contributed by atoms with van der Waals surface area (Å²) in [4.78, 5) is 8.69. The lowest BCUT2D eigenvalue weighted by Gasteiger charge is -2.04. The highest BCUT2D eigenvalue weighted by atomic mass is 32.1. The van der Waals surface area contributed by atoms with Crippen molar-refractivity contribution < 1.29 is 4.74 Å². The molecule has 0 saturated heterocycles. The predicted octanol–water partition coefficient (Wildman–Crippen LogP) is 2.62. The lowest BCUT2D eigenvalue weighted by atomic mass is 10.1. The highest BCUT2D eigenvalue weighted by molar-refractivity contribution is 7.80. The van der Waals surface area contributed by atoms with Crippen LogP contribution in [0, 0.1) is 0 Å². The molecule has 3 nitrogen and oxygen atoms in total. The fraction of sp³-hybridized carbons (Fsp3) is 0.231. The molecule has 0 aliphatic rings. The first-order valence-corrected chi connectivity index (χ1v) is 6.04. The van der Waals surface area contributed by atoms with Crippen molar-refractivity contribution in [3.63, 3.8) is 0 Å². The van der Waals surface area contributed by atoms with E-state index >= 15 is 0 Å². The van der Waals surface area contributed by atoms with Gasteiger partial charge in [-0.05, 0) is 36.1 Å². The molecule has 1 aromatic heterocycles. The smallest absolute Gasteiger partial charge is 0.129 e. The number of hydrogen-bond acceptors (Lipinski definition) is 4. The van der Waals surface area contributed by atoms with Crippen molar-refractivity contribution in [2.24, 2.45) is 0 Å². The van der Waals surface area contributed by atoms with Crippen molar-refractivity contribution in [1.82, 2.24) is 9.97 Å². The van der Waals surface area contributed by atoms with Gasteiger partial charge in [-0.1, -0.05) is 0 Å². The van der Waals surface area contributed by atoms with E-state index < -0.39 is 0 Å². The van der Waals surface area contributed by atoms with E-state index in [1.165, 1.54) is 0 Å². The second-order valence-electron chi connectivity index (χ2n) is 3.56. The summed E-state index contributed by atoms with van der Waals surface area (Å²) in [5.74, 6) is 2.43. The van der Waals surface area contributed by atoms with Gasteiger partial charge < -0.3 is 4.74 Å². The van der Waals surface area contributed by atoms with Gasteiger partial charge in [0.15, 0.2) is 0 Å². The summed E-state index contributed by atoms with van der Waals surface area (Å²) in [6.45, 7) is 0. The van der Waals surface area contributed by atoms with Crippen LogP contribution in [0.5, 0.6) is 5.75 Å². The Morgan fingerprint density at radius 2 is 1.94 bits per heavy atom. The van der Waals surface area contributed by atoms with Gasteiger partial charge in [0.2, 0.25) is 0 Å². The van der Waals surface area contributed by atoms with E-state index in [9.17, 15) is 0 Å². The number of rotatable bonds is 4. The molecule has 0 bridgehead atoms. The van der Waals surface area contributed by atoms with Crippen LogP contribution in [0.2, 0.25) is 0 Å². The molecule has 0 amide bonds. The van der Waals surface area contributed by atoms with Gasteiger partial charge in [0.05, 0.1) is 12.8 Å². The summed E-state index contributed by atoms with van der Waals surface area (Å²) < 4.78 is 5.12. The summed E-state index contributed by atoms with van der Waals surface area (Å²) >= 11 is 4.18. The molecule has 17 heavy (non-hydrogen) atoms. The van der Waals surface area contributed by atoms with E-state index in [-0.39, 0.29) is 0 Å². The first-order valence-electron chi connectivity index (χ1n) is 5.40. The molecule has 2 aromatic rings. The van der Waals surface area contributed by atoms with Crippen molar-refractivity contribution in [2.45, 2.75) is 6.42 Å². The summed E-state index contributed by atoms with van der Waals surface area (Å²) in [7, 11) is 1.66.